The lowest BCUT2D eigenvalue weighted by molar-refractivity contribution is -0.153. The highest BCUT2D eigenvalue weighted by atomic mass is 32.1. The van der Waals surface area contributed by atoms with Crippen molar-refractivity contribution in [1.82, 2.24) is 0 Å². The second kappa shape index (κ2) is 8.41. The molecule has 0 spiro atoms. The SMILES string of the molecule is CC(CCC(C)OC(=O)CS)OC(=O)CO. The summed E-state index contributed by atoms with van der Waals surface area (Å²) in [5.41, 5.74) is 0. The van der Waals surface area contributed by atoms with Crippen molar-refractivity contribution in [3.63, 3.8) is 0 Å². The highest BCUT2D eigenvalue weighted by Crippen LogP contribution is 2.08. The molecular weight excluding hydrogens is 232 g/mol. The monoisotopic (exact) mass is 250 g/mol. The summed E-state index contributed by atoms with van der Waals surface area (Å²) >= 11 is 3.79. The molecule has 2 unspecified atom stereocenters. The van der Waals surface area contributed by atoms with Crippen LogP contribution in [0.1, 0.15) is 26.7 Å². The van der Waals surface area contributed by atoms with E-state index in [2.05, 4.69) is 12.6 Å². The van der Waals surface area contributed by atoms with Crippen LogP contribution in [0.4, 0.5) is 0 Å². The quantitative estimate of drug-likeness (QED) is 0.510. The number of esters is 2. The largest absolute Gasteiger partial charge is 0.462 e. The Labute approximate surface area is 101 Å². The van der Waals surface area contributed by atoms with Crippen LogP contribution in [0.3, 0.4) is 0 Å². The van der Waals surface area contributed by atoms with Crippen LogP contribution in [0, 0.1) is 0 Å². The van der Waals surface area contributed by atoms with Gasteiger partial charge < -0.3 is 14.6 Å². The fourth-order valence-electron chi connectivity index (χ4n) is 1.11. The standard InChI is InChI=1S/C10H18O5S/c1-7(14-9(12)5-11)3-4-8(2)15-10(13)6-16/h7-8,11,16H,3-6H2,1-2H3. The summed E-state index contributed by atoms with van der Waals surface area (Å²) in [4.78, 5) is 21.6. The van der Waals surface area contributed by atoms with Crippen LogP contribution >= 0.6 is 12.6 Å². The topological polar surface area (TPSA) is 72.8 Å². The van der Waals surface area contributed by atoms with Crippen molar-refractivity contribution in [2.45, 2.75) is 38.9 Å². The molecule has 1 N–H and O–H groups in total. The zero-order valence-electron chi connectivity index (χ0n) is 9.51. The van der Waals surface area contributed by atoms with E-state index in [1.807, 2.05) is 0 Å². The molecule has 0 aromatic heterocycles. The van der Waals surface area contributed by atoms with Crippen molar-refractivity contribution in [2.24, 2.45) is 0 Å². The van der Waals surface area contributed by atoms with Crippen LogP contribution in [0.15, 0.2) is 0 Å². The van der Waals surface area contributed by atoms with Gasteiger partial charge in [-0.25, -0.2) is 4.79 Å². The van der Waals surface area contributed by atoms with Crippen LogP contribution in [-0.4, -0.2) is 41.6 Å². The normalized spacial score (nSPS) is 14.0. The molecule has 0 radical (unpaired) electrons. The van der Waals surface area contributed by atoms with Gasteiger partial charge in [-0.3, -0.25) is 4.79 Å². The third-order valence-corrected chi connectivity index (χ3v) is 2.16. The minimum atomic E-state index is -0.646. The summed E-state index contributed by atoms with van der Waals surface area (Å²) in [6.45, 7) is 2.87. The minimum absolute atomic E-state index is 0.0550. The number of carbonyl (C=O) groups is 2. The maximum absolute atomic E-state index is 10.9. The predicted octanol–water partition coefficient (Wildman–Crippen LogP) is 0.552. The van der Waals surface area contributed by atoms with Crippen LogP contribution in [0.25, 0.3) is 0 Å². The van der Waals surface area contributed by atoms with Gasteiger partial charge in [0.15, 0.2) is 0 Å². The predicted molar refractivity (Wildman–Crippen MR) is 61.3 cm³/mol. The number of rotatable bonds is 7. The molecule has 0 heterocycles. The average molecular weight is 250 g/mol. The van der Waals surface area contributed by atoms with Gasteiger partial charge in [0.1, 0.15) is 6.61 Å². The molecule has 0 aliphatic carbocycles. The summed E-state index contributed by atoms with van der Waals surface area (Å²) in [7, 11) is 0. The van der Waals surface area contributed by atoms with Gasteiger partial charge in [-0.05, 0) is 26.7 Å². The molecule has 0 saturated carbocycles. The Hall–Kier alpha value is -0.750. The van der Waals surface area contributed by atoms with Crippen LogP contribution in [-0.2, 0) is 19.1 Å². The zero-order valence-corrected chi connectivity index (χ0v) is 10.4. The minimum Gasteiger partial charge on any atom is -0.462 e. The Bertz CT molecular complexity index is 207. The summed E-state index contributed by atoms with van der Waals surface area (Å²) in [5.74, 6) is -0.956. The zero-order chi connectivity index (χ0) is 12.6. The molecular formula is C10H18O5S. The van der Waals surface area contributed by atoms with Gasteiger partial charge >= 0.3 is 11.9 Å². The first kappa shape index (κ1) is 15.2. The third-order valence-electron chi connectivity index (χ3n) is 1.90. The van der Waals surface area contributed by atoms with Gasteiger partial charge in [0.2, 0.25) is 0 Å². The molecule has 0 fully saturated rings. The van der Waals surface area contributed by atoms with E-state index in [9.17, 15) is 9.59 Å². The number of ether oxygens (including phenoxy) is 2. The molecule has 0 rings (SSSR count). The highest BCUT2D eigenvalue weighted by molar-refractivity contribution is 7.81. The van der Waals surface area contributed by atoms with Gasteiger partial charge in [-0.1, -0.05) is 0 Å². The molecule has 0 saturated heterocycles. The second-order valence-electron chi connectivity index (χ2n) is 3.49. The molecule has 0 aliphatic heterocycles. The van der Waals surface area contributed by atoms with E-state index in [1.54, 1.807) is 13.8 Å². The fourth-order valence-corrected chi connectivity index (χ4v) is 1.19. The van der Waals surface area contributed by atoms with Gasteiger partial charge in [0.05, 0.1) is 18.0 Å². The lowest BCUT2D eigenvalue weighted by Crippen LogP contribution is -2.21. The van der Waals surface area contributed by atoms with Gasteiger partial charge in [0, 0.05) is 0 Å². The van der Waals surface area contributed by atoms with Crippen molar-refractivity contribution >= 4 is 24.6 Å². The van der Waals surface area contributed by atoms with E-state index in [0.717, 1.165) is 0 Å². The van der Waals surface area contributed by atoms with Crippen molar-refractivity contribution in [3.05, 3.63) is 0 Å². The smallest absolute Gasteiger partial charge is 0.332 e. The summed E-state index contributed by atoms with van der Waals surface area (Å²) < 4.78 is 9.81. The molecule has 0 bridgehead atoms. The maximum Gasteiger partial charge on any atom is 0.332 e. The van der Waals surface area contributed by atoms with Crippen molar-refractivity contribution in [3.8, 4) is 0 Å². The Morgan fingerprint density at radius 2 is 1.56 bits per heavy atom. The lowest BCUT2D eigenvalue weighted by Gasteiger charge is -2.16. The number of carbonyl (C=O) groups excluding carboxylic acids is 2. The molecule has 94 valence electrons. The average Bonchev–Trinajstić information content (AvgIpc) is 2.26. The Morgan fingerprint density at radius 1 is 1.12 bits per heavy atom. The highest BCUT2D eigenvalue weighted by Gasteiger charge is 2.12. The lowest BCUT2D eigenvalue weighted by atomic mass is 10.1. The first-order chi connectivity index (χ1) is 7.49. The molecule has 0 aliphatic rings. The molecule has 5 nitrogen and oxygen atoms in total. The first-order valence-corrected chi connectivity index (χ1v) is 5.73. The van der Waals surface area contributed by atoms with Crippen molar-refractivity contribution < 1.29 is 24.2 Å². The van der Waals surface area contributed by atoms with E-state index in [1.165, 1.54) is 0 Å². The van der Waals surface area contributed by atoms with E-state index in [-0.39, 0.29) is 23.9 Å². The molecule has 0 amide bonds. The van der Waals surface area contributed by atoms with Gasteiger partial charge in [-0.2, -0.15) is 12.6 Å². The Morgan fingerprint density at radius 3 is 1.94 bits per heavy atom. The Balaban J connectivity index is 3.70. The number of hydrogen-bond acceptors (Lipinski definition) is 6. The third kappa shape index (κ3) is 7.53. The molecule has 2 atom stereocenters. The van der Waals surface area contributed by atoms with Crippen LogP contribution in [0.2, 0.25) is 0 Å². The molecule has 0 aromatic carbocycles. The van der Waals surface area contributed by atoms with Gasteiger partial charge in [0.25, 0.3) is 0 Å². The van der Waals surface area contributed by atoms with E-state index < -0.39 is 12.6 Å². The van der Waals surface area contributed by atoms with Crippen LogP contribution < -0.4 is 0 Å². The summed E-state index contributed by atoms with van der Waals surface area (Å²) in [5, 5.41) is 8.46. The fraction of sp³-hybridized carbons (Fsp3) is 0.800. The second-order valence-corrected chi connectivity index (χ2v) is 3.81. The van der Waals surface area contributed by atoms with Crippen molar-refractivity contribution in [2.75, 3.05) is 12.4 Å². The molecule has 6 heteroatoms. The van der Waals surface area contributed by atoms with E-state index in [0.29, 0.717) is 12.8 Å². The number of thiol groups is 1. The summed E-state index contributed by atoms with van der Waals surface area (Å²) in [6, 6.07) is 0. The number of aliphatic hydroxyl groups is 1. The van der Waals surface area contributed by atoms with Gasteiger partial charge in [-0.15, -0.1) is 0 Å². The number of hydrogen-bond donors (Lipinski definition) is 2. The van der Waals surface area contributed by atoms with E-state index >= 15 is 0 Å². The summed E-state index contributed by atoms with van der Waals surface area (Å²) in [6.07, 6.45) is 0.651. The van der Waals surface area contributed by atoms with E-state index in [4.69, 9.17) is 14.6 Å². The molecule has 16 heavy (non-hydrogen) atoms. The maximum atomic E-state index is 10.9. The van der Waals surface area contributed by atoms with Crippen molar-refractivity contribution in [1.29, 1.82) is 0 Å². The van der Waals surface area contributed by atoms with Crippen LogP contribution in [0.5, 0.6) is 0 Å². The number of aliphatic hydroxyl groups excluding tert-OH is 1. The molecule has 0 aromatic rings. The first-order valence-electron chi connectivity index (χ1n) is 5.10. The Kier molecular flexibility index (Phi) is 8.01.